The lowest BCUT2D eigenvalue weighted by Gasteiger charge is -2.20. The maximum absolute atomic E-state index is 12.9. The Bertz CT molecular complexity index is 748. The molecule has 0 radical (unpaired) electrons. The Morgan fingerprint density at radius 1 is 0.500 bits per heavy atom. The first-order valence-corrected chi connectivity index (χ1v) is 21.0. The van der Waals surface area contributed by atoms with E-state index in [2.05, 4.69) is 67.4 Å². The van der Waals surface area contributed by atoms with Crippen LogP contribution in [0.15, 0.2) is 48.6 Å². The first kappa shape index (κ1) is 44.2. The van der Waals surface area contributed by atoms with Crippen molar-refractivity contribution in [3.05, 3.63) is 48.6 Å². The summed E-state index contributed by atoms with van der Waals surface area (Å²) in [6, 6.07) is 0. The number of likely N-dealkylation sites (tertiary alicyclic amines) is 1. The molecule has 0 spiro atoms. The van der Waals surface area contributed by atoms with Crippen molar-refractivity contribution in [2.45, 2.75) is 187 Å². The number of amides is 1. The molecule has 1 heterocycles. The van der Waals surface area contributed by atoms with Gasteiger partial charge in [0, 0.05) is 19.6 Å². The van der Waals surface area contributed by atoms with E-state index in [1.54, 1.807) is 0 Å². The van der Waals surface area contributed by atoms with Gasteiger partial charge in [-0.25, -0.2) is 4.79 Å². The predicted octanol–water partition coefficient (Wildman–Crippen LogP) is 13.5. The van der Waals surface area contributed by atoms with Crippen LogP contribution in [0.2, 0.25) is 0 Å². The lowest BCUT2D eigenvalue weighted by molar-refractivity contribution is 0.106. The maximum Gasteiger partial charge on any atom is 0.410 e. The van der Waals surface area contributed by atoms with Crippen LogP contribution in [-0.4, -0.2) is 55.2 Å². The van der Waals surface area contributed by atoms with E-state index in [-0.39, 0.29) is 6.09 Å². The first-order valence-electron chi connectivity index (χ1n) is 21.0. The Morgan fingerprint density at radius 2 is 0.854 bits per heavy atom. The highest BCUT2D eigenvalue weighted by Crippen LogP contribution is 2.11. The van der Waals surface area contributed by atoms with Crippen LogP contribution in [0.1, 0.15) is 187 Å². The molecule has 1 aliphatic heterocycles. The van der Waals surface area contributed by atoms with Crippen LogP contribution in [0.5, 0.6) is 0 Å². The zero-order chi connectivity index (χ0) is 34.4. The summed E-state index contributed by atoms with van der Waals surface area (Å²) in [5, 5.41) is 0. The largest absolute Gasteiger partial charge is 0.449 e. The molecule has 0 aromatic heterocycles. The average Bonchev–Trinajstić information content (AvgIpc) is 3.62. The minimum absolute atomic E-state index is 0.175. The molecule has 1 rings (SSSR count). The molecule has 1 amide bonds. The number of hydrogen-bond acceptors (Lipinski definition) is 3. The molecule has 0 aromatic rings. The third-order valence-corrected chi connectivity index (χ3v) is 9.55. The van der Waals surface area contributed by atoms with Crippen molar-refractivity contribution in [3.63, 3.8) is 0 Å². The number of carbonyl (C=O) groups excluding carboxylic acids is 1. The normalized spacial score (nSPS) is 14.1. The van der Waals surface area contributed by atoms with E-state index in [1.807, 2.05) is 4.90 Å². The number of hydrogen-bond donors (Lipinski definition) is 0. The van der Waals surface area contributed by atoms with Gasteiger partial charge in [-0.1, -0.05) is 140 Å². The Kier molecular flexibility index (Phi) is 33.6. The molecule has 0 N–H and O–H groups in total. The van der Waals surface area contributed by atoms with Crippen LogP contribution in [0.3, 0.4) is 0 Å². The number of unbranched alkanes of at least 4 members (excludes halogenated alkanes) is 20. The minimum Gasteiger partial charge on any atom is -0.449 e. The highest BCUT2D eigenvalue weighted by molar-refractivity contribution is 5.68. The minimum atomic E-state index is -0.175. The van der Waals surface area contributed by atoms with E-state index < -0.39 is 0 Å². The molecular weight excluding hydrogens is 588 g/mol. The van der Waals surface area contributed by atoms with E-state index in [0.717, 1.165) is 25.8 Å². The Labute approximate surface area is 299 Å². The molecule has 278 valence electrons. The van der Waals surface area contributed by atoms with E-state index in [0.29, 0.717) is 19.7 Å². The van der Waals surface area contributed by atoms with Crippen molar-refractivity contribution in [1.29, 1.82) is 0 Å². The van der Waals surface area contributed by atoms with E-state index in [1.165, 1.54) is 167 Å². The second-order valence-corrected chi connectivity index (χ2v) is 14.2. The highest BCUT2D eigenvalue weighted by Gasteiger charge is 2.14. The van der Waals surface area contributed by atoms with Gasteiger partial charge in [0.25, 0.3) is 0 Å². The van der Waals surface area contributed by atoms with Crippen LogP contribution in [0.4, 0.5) is 4.79 Å². The Morgan fingerprint density at radius 3 is 1.27 bits per heavy atom. The van der Waals surface area contributed by atoms with Crippen molar-refractivity contribution in [3.8, 4) is 0 Å². The molecule has 1 saturated heterocycles. The SMILES string of the molecule is CCCCCCCC/C=C\CCCCCC=CCN(CC=CCCCCC/C=C\CCCCCCCC)C(=O)OCCCN1CCCC1. The van der Waals surface area contributed by atoms with Gasteiger partial charge in [-0.2, -0.15) is 0 Å². The molecule has 0 bridgehead atoms. The van der Waals surface area contributed by atoms with Crippen molar-refractivity contribution in [2.75, 3.05) is 39.3 Å². The summed E-state index contributed by atoms with van der Waals surface area (Å²) in [7, 11) is 0. The van der Waals surface area contributed by atoms with Gasteiger partial charge in [0.15, 0.2) is 0 Å². The fourth-order valence-electron chi connectivity index (χ4n) is 6.37. The highest BCUT2D eigenvalue weighted by atomic mass is 16.6. The average molecular weight is 669 g/mol. The summed E-state index contributed by atoms with van der Waals surface area (Å²) in [6.45, 7) is 9.76. The summed E-state index contributed by atoms with van der Waals surface area (Å²) >= 11 is 0. The molecule has 0 aromatic carbocycles. The fraction of sp³-hybridized carbons (Fsp3) is 0.795. The zero-order valence-electron chi connectivity index (χ0n) is 32.2. The van der Waals surface area contributed by atoms with Crippen molar-refractivity contribution < 1.29 is 9.53 Å². The van der Waals surface area contributed by atoms with E-state index >= 15 is 0 Å². The van der Waals surface area contributed by atoms with Crippen molar-refractivity contribution in [2.24, 2.45) is 0 Å². The molecule has 4 heteroatoms. The van der Waals surface area contributed by atoms with Gasteiger partial charge in [-0.15, -0.1) is 0 Å². The van der Waals surface area contributed by atoms with Crippen LogP contribution in [-0.2, 0) is 4.74 Å². The Hall–Kier alpha value is -1.81. The molecule has 48 heavy (non-hydrogen) atoms. The standard InChI is InChI=1S/C44H80N2O2/c1-3-5-7-9-11-13-15-17-19-21-23-25-27-29-31-33-41-46(44(47)48-43-37-40-45-38-35-36-39-45)42-34-32-30-28-26-24-22-20-18-16-14-12-10-8-6-4-2/h17-20,31-34H,3-16,21-30,35-43H2,1-2H3/b19-17-,20-18-,33-31?,34-32?. The summed E-state index contributed by atoms with van der Waals surface area (Å²) in [6.07, 6.45) is 52.9. The van der Waals surface area contributed by atoms with Gasteiger partial charge in [0.05, 0.1) is 6.61 Å². The molecule has 1 aliphatic rings. The maximum atomic E-state index is 12.9. The summed E-state index contributed by atoms with van der Waals surface area (Å²) in [5.74, 6) is 0. The van der Waals surface area contributed by atoms with Crippen LogP contribution in [0, 0.1) is 0 Å². The van der Waals surface area contributed by atoms with E-state index in [9.17, 15) is 4.79 Å². The number of carbonyl (C=O) groups is 1. The second kappa shape index (κ2) is 36.5. The van der Waals surface area contributed by atoms with Crippen LogP contribution in [0.25, 0.3) is 0 Å². The number of ether oxygens (including phenoxy) is 1. The number of rotatable bonds is 34. The summed E-state index contributed by atoms with van der Waals surface area (Å²) < 4.78 is 5.70. The fourth-order valence-corrected chi connectivity index (χ4v) is 6.37. The van der Waals surface area contributed by atoms with Crippen molar-refractivity contribution >= 4 is 6.09 Å². The molecule has 0 saturated carbocycles. The van der Waals surface area contributed by atoms with Crippen LogP contribution >= 0.6 is 0 Å². The quantitative estimate of drug-likeness (QED) is 0.0505. The predicted molar refractivity (Wildman–Crippen MR) is 212 cm³/mol. The molecule has 1 fully saturated rings. The number of allylic oxidation sites excluding steroid dienone is 6. The topological polar surface area (TPSA) is 32.8 Å². The van der Waals surface area contributed by atoms with Crippen molar-refractivity contribution in [1.82, 2.24) is 9.80 Å². The summed E-state index contributed by atoms with van der Waals surface area (Å²) in [5.41, 5.74) is 0. The molecule has 0 atom stereocenters. The molecule has 4 nitrogen and oxygen atoms in total. The smallest absolute Gasteiger partial charge is 0.410 e. The first-order chi connectivity index (χ1) is 23.8. The monoisotopic (exact) mass is 669 g/mol. The number of nitrogens with zero attached hydrogens (tertiary/aromatic N) is 2. The summed E-state index contributed by atoms with van der Waals surface area (Å²) in [4.78, 5) is 17.3. The van der Waals surface area contributed by atoms with Gasteiger partial charge in [-0.05, 0) is 109 Å². The molecular formula is C44H80N2O2. The Balaban J connectivity index is 2.21. The van der Waals surface area contributed by atoms with Gasteiger partial charge < -0.3 is 14.5 Å². The lowest BCUT2D eigenvalue weighted by atomic mass is 10.1. The third kappa shape index (κ3) is 30.3. The van der Waals surface area contributed by atoms with Gasteiger partial charge >= 0.3 is 6.09 Å². The zero-order valence-corrected chi connectivity index (χ0v) is 32.2. The van der Waals surface area contributed by atoms with Crippen LogP contribution < -0.4 is 0 Å². The third-order valence-electron chi connectivity index (χ3n) is 9.55. The molecule has 0 unspecified atom stereocenters. The van der Waals surface area contributed by atoms with Gasteiger partial charge in [0.2, 0.25) is 0 Å². The van der Waals surface area contributed by atoms with E-state index in [4.69, 9.17) is 4.74 Å². The molecule has 0 aliphatic carbocycles. The van der Waals surface area contributed by atoms with Gasteiger partial charge in [-0.3, -0.25) is 0 Å². The van der Waals surface area contributed by atoms with Gasteiger partial charge in [0.1, 0.15) is 0 Å². The second-order valence-electron chi connectivity index (χ2n) is 14.2. The lowest BCUT2D eigenvalue weighted by Crippen LogP contribution is -2.32.